The minimum Gasteiger partial charge on any atom is -0.164 e. The van der Waals surface area contributed by atoms with Crippen LogP contribution < -0.4 is 0 Å². The molecule has 0 radical (unpaired) electrons. The zero-order chi connectivity index (χ0) is 8.65. The number of rotatable bonds is 0. The zero-order valence-corrected chi connectivity index (χ0v) is 10.4. The van der Waals surface area contributed by atoms with Gasteiger partial charge in [0.2, 0.25) is 0 Å². The molecule has 0 spiro atoms. The van der Waals surface area contributed by atoms with Gasteiger partial charge in [-0.3, -0.25) is 0 Å². The van der Waals surface area contributed by atoms with Gasteiger partial charge in [0.05, 0.1) is 9.16 Å². The van der Waals surface area contributed by atoms with Crippen molar-refractivity contribution in [2.24, 2.45) is 0 Å². The molecule has 11 heavy (non-hydrogen) atoms. The highest BCUT2D eigenvalue weighted by atomic mass is 32.2. The third-order valence-electron chi connectivity index (χ3n) is 1.76. The Kier molecular flexibility index (Phi) is 3.47. The van der Waals surface area contributed by atoms with Crippen molar-refractivity contribution < 1.29 is 0 Å². The van der Waals surface area contributed by atoms with Gasteiger partial charge in [-0.25, -0.2) is 0 Å². The molecule has 3 atom stereocenters. The fourth-order valence-corrected chi connectivity index (χ4v) is 5.18. The van der Waals surface area contributed by atoms with Crippen molar-refractivity contribution in [2.45, 2.75) is 39.9 Å². The van der Waals surface area contributed by atoms with Gasteiger partial charge in [0.15, 0.2) is 0 Å². The molecule has 1 fully saturated rings. The van der Waals surface area contributed by atoms with Crippen LogP contribution in [-0.4, -0.2) is 19.2 Å². The third-order valence-corrected chi connectivity index (χ3v) is 7.28. The van der Waals surface area contributed by atoms with Crippen LogP contribution in [0.4, 0.5) is 0 Å². The molecule has 0 aromatic carbocycles. The van der Waals surface area contributed by atoms with Crippen molar-refractivity contribution in [3.63, 3.8) is 0 Å². The smallest absolute Gasteiger partial charge is 0.0617 e. The molecule has 0 aromatic heterocycles. The number of thiol groups is 2. The minimum absolute atomic E-state index is 0.257. The number of thioether (sulfide) groups is 2. The highest BCUT2D eigenvalue weighted by Crippen LogP contribution is 2.50. The maximum Gasteiger partial charge on any atom is 0.0617 e. The van der Waals surface area contributed by atoms with E-state index in [1.54, 1.807) is 0 Å². The average molecular weight is 226 g/mol. The lowest BCUT2D eigenvalue weighted by Gasteiger charge is -2.40. The quantitative estimate of drug-likeness (QED) is 0.609. The van der Waals surface area contributed by atoms with Crippen LogP contribution in [0.15, 0.2) is 0 Å². The lowest BCUT2D eigenvalue weighted by molar-refractivity contribution is 0.770. The van der Waals surface area contributed by atoms with Gasteiger partial charge in [0.1, 0.15) is 0 Å². The Labute approximate surface area is 88.5 Å². The summed E-state index contributed by atoms with van der Waals surface area (Å²) in [4.78, 5) is 0. The van der Waals surface area contributed by atoms with Gasteiger partial charge >= 0.3 is 0 Å². The van der Waals surface area contributed by atoms with Gasteiger partial charge in [-0.1, -0.05) is 6.92 Å². The van der Waals surface area contributed by atoms with Gasteiger partial charge in [0.25, 0.3) is 0 Å². The van der Waals surface area contributed by atoms with E-state index in [1.807, 2.05) is 23.5 Å². The van der Waals surface area contributed by atoms with E-state index < -0.39 is 0 Å². The van der Waals surface area contributed by atoms with Crippen LogP contribution in [0.2, 0.25) is 0 Å². The molecule has 0 nitrogen and oxygen atoms in total. The van der Waals surface area contributed by atoms with Crippen molar-refractivity contribution in [1.29, 1.82) is 0 Å². The van der Waals surface area contributed by atoms with E-state index in [-0.39, 0.29) is 4.75 Å². The maximum atomic E-state index is 4.55. The summed E-state index contributed by atoms with van der Waals surface area (Å²) in [6.07, 6.45) is 0. The molecular formula is C7H14S4. The standard InChI is InChI=1S/C7H14S4/c1-4-5(8)11-7(2,3)6(9)10-4/h4-6,8-9H,1-3H3. The molecule has 1 rings (SSSR count). The fraction of sp³-hybridized carbons (Fsp3) is 1.00. The number of hydrogen-bond acceptors (Lipinski definition) is 4. The van der Waals surface area contributed by atoms with Crippen molar-refractivity contribution in [1.82, 2.24) is 0 Å². The summed E-state index contributed by atoms with van der Waals surface area (Å²) in [7, 11) is 0. The van der Waals surface area contributed by atoms with Crippen LogP contribution in [0.25, 0.3) is 0 Å². The summed E-state index contributed by atoms with van der Waals surface area (Å²) in [6.45, 7) is 6.68. The molecule has 0 saturated carbocycles. The Morgan fingerprint density at radius 2 is 1.82 bits per heavy atom. The molecular weight excluding hydrogens is 212 g/mol. The van der Waals surface area contributed by atoms with E-state index in [9.17, 15) is 0 Å². The van der Waals surface area contributed by atoms with Crippen molar-refractivity contribution in [3.05, 3.63) is 0 Å². The topological polar surface area (TPSA) is 0 Å². The molecule has 4 heteroatoms. The first-order valence-corrected chi connectivity index (χ1v) is 6.48. The molecule has 0 aliphatic carbocycles. The van der Waals surface area contributed by atoms with E-state index in [0.717, 1.165) is 0 Å². The number of hydrogen-bond donors (Lipinski definition) is 2. The first kappa shape index (κ1) is 10.5. The van der Waals surface area contributed by atoms with Crippen molar-refractivity contribution in [2.75, 3.05) is 0 Å². The summed E-state index contributed by atoms with van der Waals surface area (Å²) in [6, 6.07) is 0. The van der Waals surface area contributed by atoms with Crippen LogP contribution in [0.1, 0.15) is 20.8 Å². The van der Waals surface area contributed by atoms with Gasteiger partial charge in [-0.05, 0) is 13.8 Å². The van der Waals surface area contributed by atoms with Crippen LogP contribution in [-0.2, 0) is 0 Å². The largest absolute Gasteiger partial charge is 0.164 e. The Hall–Kier alpha value is 1.40. The first-order chi connectivity index (χ1) is 4.93. The Morgan fingerprint density at radius 3 is 2.27 bits per heavy atom. The van der Waals surface area contributed by atoms with Crippen LogP contribution in [0, 0.1) is 0 Å². The maximum absolute atomic E-state index is 4.55. The zero-order valence-electron chi connectivity index (χ0n) is 6.94. The molecule has 0 bridgehead atoms. The molecule has 66 valence electrons. The van der Waals surface area contributed by atoms with E-state index in [1.165, 1.54) is 0 Å². The normalized spacial score (nSPS) is 43.9. The second-order valence-corrected chi connectivity index (χ2v) is 8.36. The van der Waals surface area contributed by atoms with Gasteiger partial charge in [-0.2, -0.15) is 25.3 Å². The summed E-state index contributed by atoms with van der Waals surface area (Å²) in [5.74, 6) is 0. The first-order valence-electron chi connectivity index (χ1n) is 3.63. The van der Waals surface area contributed by atoms with Crippen molar-refractivity contribution in [3.8, 4) is 0 Å². The highest BCUT2D eigenvalue weighted by Gasteiger charge is 2.38. The predicted octanol–water partition coefficient (Wildman–Crippen LogP) is 3.15. The summed E-state index contributed by atoms with van der Waals surface area (Å²) < 4.78 is 1.15. The minimum atomic E-state index is 0.257. The molecule has 1 aliphatic heterocycles. The van der Waals surface area contributed by atoms with E-state index in [2.05, 4.69) is 46.0 Å². The molecule has 1 heterocycles. The summed E-state index contributed by atoms with van der Waals surface area (Å²) in [5, 5.41) is 0.610. The Bertz CT molecular complexity index is 145. The lowest BCUT2D eigenvalue weighted by Crippen LogP contribution is -2.36. The average Bonchev–Trinajstić information content (AvgIpc) is 1.83. The molecule has 0 N–H and O–H groups in total. The summed E-state index contributed by atoms with van der Waals surface area (Å²) in [5.41, 5.74) is 0. The molecule has 1 saturated heterocycles. The second-order valence-electron chi connectivity index (χ2n) is 3.31. The third kappa shape index (κ3) is 2.42. The van der Waals surface area contributed by atoms with Crippen LogP contribution in [0.5, 0.6) is 0 Å². The molecule has 0 amide bonds. The second kappa shape index (κ2) is 3.64. The Balaban J connectivity index is 2.63. The van der Waals surface area contributed by atoms with Gasteiger partial charge in [-0.15, -0.1) is 23.5 Å². The van der Waals surface area contributed by atoms with Crippen molar-refractivity contribution >= 4 is 48.8 Å². The fourth-order valence-electron chi connectivity index (χ4n) is 0.900. The van der Waals surface area contributed by atoms with Gasteiger partial charge in [0, 0.05) is 10.00 Å². The Morgan fingerprint density at radius 1 is 1.27 bits per heavy atom. The predicted molar refractivity (Wildman–Crippen MR) is 64.3 cm³/mol. The highest BCUT2D eigenvalue weighted by molar-refractivity contribution is 8.19. The van der Waals surface area contributed by atoms with Crippen LogP contribution >= 0.6 is 48.8 Å². The van der Waals surface area contributed by atoms with Gasteiger partial charge < -0.3 is 0 Å². The SMILES string of the molecule is CC1SC(S)C(C)(C)SC1S. The summed E-state index contributed by atoms with van der Waals surface area (Å²) >= 11 is 12.9. The van der Waals surface area contributed by atoms with Crippen LogP contribution in [0.3, 0.4) is 0 Å². The van der Waals surface area contributed by atoms with E-state index >= 15 is 0 Å². The molecule has 0 aromatic rings. The van der Waals surface area contributed by atoms with E-state index in [0.29, 0.717) is 14.4 Å². The molecule has 1 aliphatic rings. The van der Waals surface area contributed by atoms with E-state index in [4.69, 9.17) is 0 Å². The monoisotopic (exact) mass is 226 g/mol. The molecule has 3 unspecified atom stereocenters. The lowest BCUT2D eigenvalue weighted by atomic mass is 10.2.